The van der Waals surface area contributed by atoms with Crippen molar-refractivity contribution in [3.63, 3.8) is 0 Å². The third-order valence-corrected chi connectivity index (χ3v) is 5.86. The molecule has 1 unspecified atom stereocenters. The van der Waals surface area contributed by atoms with Crippen molar-refractivity contribution in [3.05, 3.63) is 29.6 Å². The third kappa shape index (κ3) is 5.81. The molecule has 2 aliphatic heterocycles. The summed E-state index contributed by atoms with van der Waals surface area (Å²) in [5.41, 5.74) is 0.0208. The lowest BCUT2D eigenvalue weighted by molar-refractivity contribution is -0.135. The first-order valence-electron chi connectivity index (χ1n) is 10.6. The lowest BCUT2D eigenvalue weighted by Crippen LogP contribution is -2.57. The van der Waals surface area contributed by atoms with E-state index in [9.17, 15) is 18.0 Å². The molecule has 1 N–H and O–H groups in total. The minimum absolute atomic E-state index is 0.0208. The highest BCUT2D eigenvalue weighted by atomic mass is 19.3. The van der Waals surface area contributed by atoms with Crippen molar-refractivity contribution >= 4 is 11.9 Å². The smallest absolute Gasteiger partial charge is 0.387 e. The van der Waals surface area contributed by atoms with Gasteiger partial charge >= 0.3 is 6.61 Å². The molecular formula is C21H30F3N5O2. The minimum atomic E-state index is -3.03. The summed E-state index contributed by atoms with van der Waals surface area (Å²) in [5.74, 6) is -0.0961. The van der Waals surface area contributed by atoms with E-state index in [4.69, 9.17) is 0 Å². The summed E-state index contributed by atoms with van der Waals surface area (Å²) in [6.07, 6.45) is 2.14. The highest BCUT2D eigenvalue weighted by Gasteiger charge is 2.30. The SMILES string of the molecule is CN=C(NCc1c(F)cccc1OC(F)F)N1CCN(C(C)C(=O)N2CCCC2)CC1. The maximum absolute atomic E-state index is 14.2. The van der Waals surface area contributed by atoms with E-state index in [-0.39, 0.29) is 29.8 Å². The Hall–Kier alpha value is -2.49. The zero-order chi connectivity index (χ0) is 22.4. The van der Waals surface area contributed by atoms with Crippen LogP contribution in [0.5, 0.6) is 5.75 Å². The average molecular weight is 441 g/mol. The van der Waals surface area contributed by atoms with Gasteiger partial charge in [0.25, 0.3) is 0 Å². The molecule has 172 valence electrons. The van der Waals surface area contributed by atoms with E-state index in [1.807, 2.05) is 16.7 Å². The van der Waals surface area contributed by atoms with Crippen LogP contribution in [0, 0.1) is 5.82 Å². The molecule has 0 spiro atoms. The third-order valence-electron chi connectivity index (χ3n) is 5.86. The fourth-order valence-corrected chi connectivity index (χ4v) is 4.10. The quantitative estimate of drug-likeness (QED) is 0.542. The second kappa shape index (κ2) is 10.7. The fourth-order valence-electron chi connectivity index (χ4n) is 4.10. The van der Waals surface area contributed by atoms with E-state index in [1.54, 1.807) is 7.05 Å². The highest BCUT2D eigenvalue weighted by Crippen LogP contribution is 2.23. The number of likely N-dealkylation sites (tertiary alicyclic amines) is 1. The second-order valence-corrected chi connectivity index (χ2v) is 7.73. The molecular weight excluding hydrogens is 411 g/mol. The van der Waals surface area contributed by atoms with Crippen LogP contribution in [0.1, 0.15) is 25.3 Å². The predicted octanol–water partition coefficient (Wildman–Crippen LogP) is 2.13. The van der Waals surface area contributed by atoms with Crippen LogP contribution in [0.2, 0.25) is 0 Å². The van der Waals surface area contributed by atoms with E-state index in [0.29, 0.717) is 32.1 Å². The van der Waals surface area contributed by atoms with E-state index >= 15 is 0 Å². The van der Waals surface area contributed by atoms with Crippen molar-refractivity contribution in [3.8, 4) is 5.75 Å². The molecule has 2 heterocycles. The molecule has 2 fully saturated rings. The Morgan fingerprint density at radius 3 is 2.42 bits per heavy atom. The molecule has 3 rings (SSSR count). The average Bonchev–Trinajstić information content (AvgIpc) is 3.30. The Kier molecular flexibility index (Phi) is 8.00. The molecule has 1 aromatic carbocycles. The van der Waals surface area contributed by atoms with E-state index in [1.165, 1.54) is 18.2 Å². The number of alkyl halides is 2. The first kappa shape index (κ1) is 23.2. The van der Waals surface area contributed by atoms with Crippen molar-refractivity contribution in [1.82, 2.24) is 20.0 Å². The van der Waals surface area contributed by atoms with Crippen molar-refractivity contribution in [1.29, 1.82) is 0 Å². The number of amides is 1. The van der Waals surface area contributed by atoms with E-state index < -0.39 is 12.4 Å². The van der Waals surface area contributed by atoms with Crippen LogP contribution in [-0.4, -0.2) is 85.5 Å². The van der Waals surface area contributed by atoms with Gasteiger partial charge in [-0.05, 0) is 31.9 Å². The molecule has 7 nitrogen and oxygen atoms in total. The number of carbonyl (C=O) groups is 1. The van der Waals surface area contributed by atoms with Crippen LogP contribution in [0.3, 0.4) is 0 Å². The Balaban J connectivity index is 1.55. The number of ether oxygens (including phenoxy) is 1. The molecule has 2 saturated heterocycles. The van der Waals surface area contributed by atoms with Gasteiger partial charge in [-0.3, -0.25) is 14.7 Å². The molecule has 1 aromatic rings. The number of carbonyl (C=O) groups excluding carboxylic acids is 1. The van der Waals surface area contributed by atoms with Crippen molar-refractivity contribution in [2.45, 2.75) is 39.0 Å². The Labute approximate surface area is 180 Å². The van der Waals surface area contributed by atoms with Crippen LogP contribution in [-0.2, 0) is 11.3 Å². The minimum Gasteiger partial charge on any atom is -0.434 e. The maximum Gasteiger partial charge on any atom is 0.387 e. The number of hydrogen-bond donors (Lipinski definition) is 1. The lowest BCUT2D eigenvalue weighted by Gasteiger charge is -2.39. The Morgan fingerprint density at radius 2 is 1.81 bits per heavy atom. The predicted molar refractivity (Wildman–Crippen MR) is 112 cm³/mol. The van der Waals surface area contributed by atoms with Gasteiger partial charge in [-0.2, -0.15) is 8.78 Å². The van der Waals surface area contributed by atoms with Gasteiger partial charge in [-0.25, -0.2) is 4.39 Å². The topological polar surface area (TPSA) is 60.4 Å². The lowest BCUT2D eigenvalue weighted by atomic mass is 10.2. The first-order chi connectivity index (χ1) is 14.9. The summed E-state index contributed by atoms with van der Waals surface area (Å²) in [6, 6.07) is 3.68. The summed E-state index contributed by atoms with van der Waals surface area (Å²) in [7, 11) is 1.62. The number of benzene rings is 1. The molecule has 1 atom stereocenters. The number of hydrogen-bond acceptors (Lipinski definition) is 4. The van der Waals surface area contributed by atoms with Gasteiger partial charge in [-0.15, -0.1) is 0 Å². The van der Waals surface area contributed by atoms with Crippen LogP contribution < -0.4 is 10.1 Å². The van der Waals surface area contributed by atoms with E-state index in [2.05, 4.69) is 19.9 Å². The molecule has 31 heavy (non-hydrogen) atoms. The summed E-state index contributed by atoms with van der Waals surface area (Å²) in [4.78, 5) is 23.0. The van der Waals surface area contributed by atoms with Crippen LogP contribution in [0.4, 0.5) is 13.2 Å². The number of aliphatic imine (C=N–C) groups is 1. The summed E-state index contributed by atoms with van der Waals surface area (Å²) >= 11 is 0. The standard InChI is InChI=1S/C21H30F3N5O2/c1-15(19(30)28-8-3-4-9-28)27-10-12-29(13-11-27)21(25-2)26-14-16-17(22)6-5-7-18(16)31-20(23)24/h5-7,15,20H,3-4,8-14H2,1-2H3,(H,25,26). The largest absolute Gasteiger partial charge is 0.434 e. The number of halogens is 3. The molecule has 0 saturated carbocycles. The zero-order valence-electron chi connectivity index (χ0n) is 18.0. The maximum atomic E-state index is 14.2. The monoisotopic (exact) mass is 441 g/mol. The van der Waals surface area contributed by atoms with Gasteiger partial charge in [0.15, 0.2) is 5.96 Å². The second-order valence-electron chi connectivity index (χ2n) is 7.73. The van der Waals surface area contributed by atoms with Crippen LogP contribution in [0.25, 0.3) is 0 Å². The van der Waals surface area contributed by atoms with Crippen molar-refractivity contribution < 1.29 is 22.7 Å². The number of rotatable bonds is 6. The van der Waals surface area contributed by atoms with Gasteiger partial charge in [-0.1, -0.05) is 6.07 Å². The van der Waals surface area contributed by atoms with Crippen molar-refractivity contribution in [2.24, 2.45) is 4.99 Å². The normalized spacial score (nSPS) is 19.1. The number of piperazine rings is 1. The van der Waals surface area contributed by atoms with Crippen LogP contribution >= 0.6 is 0 Å². The Morgan fingerprint density at radius 1 is 1.13 bits per heavy atom. The molecule has 2 aliphatic rings. The molecule has 10 heteroatoms. The zero-order valence-corrected chi connectivity index (χ0v) is 18.0. The Bertz CT molecular complexity index is 778. The molecule has 0 bridgehead atoms. The highest BCUT2D eigenvalue weighted by molar-refractivity contribution is 5.82. The number of guanidine groups is 1. The first-order valence-corrected chi connectivity index (χ1v) is 10.6. The molecule has 0 aliphatic carbocycles. The molecule has 0 radical (unpaired) electrons. The number of nitrogens with one attached hydrogen (secondary N) is 1. The van der Waals surface area contributed by atoms with Crippen LogP contribution in [0.15, 0.2) is 23.2 Å². The number of nitrogens with zero attached hydrogens (tertiary/aromatic N) is 4. The van der Waals surface area contributed by atoms with Gasteiger partial charge in [0.05, 0.1) is 6.04 Å². The summed E-state index contributed by atoms with van der Waals surface area (Å²) in [5, 5.41) is 3.04. The summed E-state index contributed by atoms with van der Waals surface area (Å²) < 4.78 is 43.8. The summed E-state index contributed by atoms with van der Waals surface area (Å²) in [6.45, 7) is 3.25. The van der Waals surface area contributed by atoms with Gasteiger partial charge in [0.2, 0.25) is 5.91 Å². The van der Waals surface area contributed by atoms with Gasteiger partial charge in [0.1, 0.15) is 11.6 Å². The van der Waals surface area contributed by atoms with Crippen molar-refractivity contribution in [2.75, 3.05) is 46.3 Å². The van der Waals surface area contributed by atoms with Gasteiger partial charge in [0, 0.05) is 58.4 Å². The fraction of sp³-hybridized carbons (Fsp3) is 0.619. The van der Waals surface area contributed by atoms with Gasteiger partial charge < -0.3 is 19.9 Å². The molecule has 1 amide bonds. The molecule has 0 aromatic heterocycles. The van der Waals surface area contributed by atoms with E-state index in [0.717, 1.165) is 25.9 Å².